The normalized spacial score (nSPS) is 13.7. The van der Waals surface area contributed by atoms with Crippen LogP contribution in [0.1, 0.15) is 29.8 Å². The molecule has 0 bridgehead atoms. The van der Waals surface area contributed by atoms with Crippen LogP contribution < -0.4 is 14.8 Å². The van der Waals surface area contributed by atoms with Crippen molar-refractivity contribution in [2.75, 3.05) is 13.2 Å². The predicted octanol–water partition coefficient (Wildman–Crippen LogP) is 4.37. The maximum atomic E-state index is 12.3. The Morgan fingerprint density at radius 2 is 1.90 bits per heavy atom. The molecule has 0 radical (unpaired) electrons. The lowest BCUT2D eigenvalue weighted by molar-refractivity contribution is 0.0958. The number of benzene rings is 3. The Balaban J connectivity index is 1.29. The van der Waals surface area contributed by atoms with Gasteiger partial charge in [0.15, 0.2) is 11.5 Å². The largest absolute Gasteiger partial charge is 0.483 e. The molecule has 0 atom stereocenters. The van der Waals surface area contributed by atoms with Crippen molar-refractivity contribution in [3.05, 3.63) is 71.8 Å². The van der Waals surface area contributed by atoms with E-state index >= 15 is 0 Å². The summed E-state index contributed by atoms with van der Waals surface area (Å²) in [4.78, 5) is 12.3. The van der Waals surface area contributed by atoms with Crippen molar-refractivity contribution < 1.29 is 14.3 Å². The number of para-hydroxylation sites is 1. The smallest absolute Gasteiger partial charge is 0.252 e. The summed E-state index contributed by atoms with van der Waals surface area (Å²) < 4.78 is 11.8. The minimum absolute atomic E-state index is 0.137. The Hall–Kier alpha value is -3.45. The highest BCUT2D eigenvalue weighted by Crippen LogP contribution is 2.41. The zero-order chi connectivity index (χ0) is 20.3. The van der Waals surface area contributed by atoms with Crippen LogP contribution in [0.25, 0.3) is 10.8 Å². The van der Waals surface area contributed by atoms with E-state index in [0.717, 1.165) is 28.5 Å². The molecule has 1 amide bonds. The van der Waals surface area contributed by atoms with E-state index in [1.165, 1.54) is 0 Å². The molecule has 29 heavy (non-hydrogen) atoms. The third kappa shape index (κ3) is 4.35. The average molecular weight is 385 g/mol. The quantitative estimate of drug-likeness (QED) is 0.679. The molecular formula is C25H23NO3. The van der Waals surface area contributed by atoms with Crippen molar-refractivity contribution in [2.24, 2.45) is 0 Å². The number of carbonyl (C=O) groups is 1. The summed E-state index contributed by atoms with van der Waals surface area (Å²) in [6.07, 6.45) is 0.867. The van der Waals surface area contributed by atoms with Gasteiger partial charge in [0.1, 0.15) is 12.2 Å². The van der Waals surface area contributed by atoms with Gasteiger partial charge < -0.3 is 14.8 Å². The monoisotopic (exact) mass is 385 g/mol. The first-order valence-corrected chi connectivity index (χ1v) is 9.68. The van der Waals surface area contributed by atoms with Crippen molar-refractivity contribution in [2.45, 2.75) is 25.9 Å². The Morgan fingerprint density at radius 1 is 1.07 bits per heavy atom. The molecule has 1 aliphatic heterocycles. The molecule has 146 valence electrons. The van der Waals surface area contributed by atoms with E-state index in [0.29, 0.717) is 11.3 Å². The number of amides is 1. The molecule has 4 nitrogen and oxygen atoms in total. The van der Waals surface area contributed by atoms with Crippen LogP contribution in [0.15, 0.2) is 60.7 Å². The zero-order valence-corrected chi connectivity index (χ0v) is 16.6. The maximum absolute atomic E-state index is 12.3. The Kier molecular flexibility index (Phi) is 5.14. The van der Waals surface area contributed by atoms with Gasteiger partial charge >= 0.3 is 0 Å². The molecule has 0 unspecified atom stereocenters. The topological polar surface area (TPSA) is 47.6 Å². The summed E-state index contributed by atoms with van der Waals surface area (Å²) in [5, 5.41) is 4.98. The molecule has 1 aliphatic rings. The molecule has 3 aromatic rings. The molecule has 1 heterocycles. The summed E-state index contributed by atoms with van der Waals surface area (Å²) in [6.45, 7) is 4.64. The Labute approximate surface area is 170 Å². The van der Waals surface area contributed by atoms with Gasteiger partial charge in [-0.3, -0.25) is 4.79 Å². The van der Waals surface area contributed by atoms with Gasteiger partial charge in [0.2, 0.25) is 0 Å². The molecule has 1 N–H and O–H groups in total. The first-order valence-electron chi connectivity index (χ1n) is 9.68. The number of rotatable bonds is 4. The standard InChI is InChI=1S/C25H23NO3/c1-25(2)17-21-10-7-11-22(23(21)29-25)28-15-6-5-14-26-24(27)20-13-12-18-8-3-4-9-19(18)16-20/h3-4,7-13,16H,14-15,17H2,1-2H3,(H,26,27). The Bertz CT molecular complexity index is 1120. The van der Waals surface area contributed by atoms with E-state index in [1.807, 2.05) is 54.6 Å². The van der Waals surface area contributed by atoms with Crippen molar-refractivity contribution >= 4 is 16.7 Å². The second-order valence-electron chi connectivity index (χ2n) is 7.67. The summed E-state index contributed by atoms with van der Waals surface area (Å²) in [6, 6.07) is 19.5. The number of fused-ring (bicyclic) bond motifs is 2. The predicted molar refractivity (Wildman–Crippen MR) is 114 cm³/mol. The number of ether oxygens (including phenoxy) is 2. The van der Waals surface area contributed by atoms with Crippen LogP contribution in [0.4, 0.5) is 0 Å². The van der Waals surface area contributed by atoms with E-state index in [9.17, 15) is 4.79 Å². The fourth-order valence-electron chi connectivity index (χ4n) is 3.49. The average Bonchev–Trinajstić information content (AvgIpc) is 3.04. The van der Waals surface area contributed by atoms with Crippen LogP contribution in [0.2, 0.25) is 0 Å². The second-order valence-corrected chi connectivity index (χ2v) is 7.67. The van der Waals surface area contributed by atoms with Crippen molar-refractivity contribution in [1.82, 2.24) is 5.32 Å². The fourth-order valence-corrected chi connectivity index (χ4v) is 3.49. The maximum Gasteiger partial charge on any atom is 0.252 e. The fraction of sp³-hybridized carbons (Fsp3) is 0.240. The molecule has 4 heteroatoms. The third-order valence-electron chi connectivity index (χ3n) is 4.83. The van der Waals surface area contributed by atoms with Crippen molar-refractivity contribution in [3.8, 4) is 23.3 Å². The van der Waals surface area contributed by atoms with E-state index < -0.39 is 0 Å². The first-order chi connectivity index (χ1) is 14.0. The van der Waals surface area contributed by atoms with E-state index in [2.05, 4.69) is 37.1 Å². The van der Waals surface area contributed by atoms with Gasteiger partial charge in [0.25, 0.3) is 5.91 Å². The molecule has 0 aromatic heterocycles. The number of carbonyl (C=O) groups excluding carboxylic acids is 1. The summed E-state index contributed by atoms with van der Waals surface area (Å²) in [7, 11) is 0. The molecule has 0 saturated carbocycles. The van der Waals surface area contributed by atoms with Gasteiger partial charge in [-0.05, 0) is 42.8 Å². The summed E-state index contributed by atoms with van der Waals surface area (Å²) in [5.41, 5.74) is 1.57. The van der Waals surface area contributed by atoms with Gasteiger partial charge in [-0.15, -0.1) is 0 Å². The third-order valence-corrected chi connectivity index (χ3v) is 4.83. The summed E-state index contributed by atoms with van der Waals surface area (Å²) in [5.74, 6) is 7.25. The molecule has 4 rings (SSSR count). The lowest BCUT2D eigenvalue weighted by Gasteiger charge is -2.17. The van der Waals surface area contributed by atoms with Crippen LogP contribution >= 0.6 is 0 Å². The van der Waals surface area contributed by atoms with Crippen LogP contribution in [-0.4, -0.2) is 24.7 Å². The minimum atomic E-state index is -0.208. The van der Waals surface area contributed by atoms with Crippen LogP contribution in [0.5, 0.6) is 11.5 Å². The minimum Gasteiger partial charge on any atom is -0.483 e. The highest BCUT2D eigenvalue weighted by Gasteiger charge is 2.32. The molecule has 0 fully saturated rings. The first kappa shape index (κ1) is 18.9. The van der Waals surface area contributed by atoms with Gasteiger partial charge in [-0.25, -0.2) is 0 Å². The lowest BCUT2D eigenvalue weighted by atomic mass is 10.0. The van der Waals surface area contributed by atoms with Gasteiger partial charge in [-0.1, -0.05) is 54.3 Å². The molecule has 0 spiro atoms. The van der Waals surface area contributed by atoms with E-state index in [1.54, 1.807) is 0 Å². The SMILES string of the molecule is CC1(C)Cc2cccc(OCC#CCNC(=O)c3ccc4ccccc4c3)c2O1. The molecule has 0 aliphatic carbocycles. The number of hydrogen-bond donors (Lipinski definition) is 1. The molecular weight excluding hydrogens is 362 g/mol. The number of hydrogen-bond acceptors (Lipinski definition) is 3. The van der Waals surface area contributed by atoms with Gasteiger partial charge in [-0.2, -0.15) is 0 Å². The highest BCUT2D eigenvalue weighted by atomic mass is 16.5. The number of nitrogens with one attached hydrogen (secondary N) is 1. The molecule has 0 saturated heterocycles. The lowest BCUT2D eigenvalue weighted by Crippen LogP contribution is -2.24. The van der Waals surface area contributed by atoms with E-state index in [4.69, 9.17) is 9.47 Å². The van der Waals surface area contributed by atoms with Crippen molar-refractivity contribution in [3.63, 3.8) is 0 Å². The second kappa shape index (κ2) is 7.89. The van der Waals surface area contributed by atoms with E-state index in [-0.39, 0.29) is 24.7 Å². The Morgan fingerprint density at radius 3 is 2.76 bits per heavy atom. The van der Waals surface area contributed by atoms with Crippen LogP contribution in [0, 0.1) is 11.8 Å². The zero-order valence-electron chi connectivity index (χ0n) is 16.6. The highest BCUT2D eigenvalue weighted by molar-refractivity contribution is 5.98. The molecule has 3 aromatic carbocycles. The van der Waals surface area contributed by atoms with Crippen molar-refractivity contribution in [1.29, 1.82) is 0 Å². The van der Waals surface area contributed by atoms with Gasteiger partial charge in [0.05, 0.1) is 6.54 Å². The van der Waals surface area contributed by atoms with Gasteiger partial charge in [0, 0.05) is 17.5 Å². The van der Waals surface area contributed by atoms with Crippen LogP contribution in [-0.2, 0) is 6.42 Å². The van der Waals surface area contributed by atoms with Crippen LogP contribution in [0.3, 0.4) is 0 Å². The summed E-state index contributed by atoms with van der Waals surface area (Å²) >= 11 is 0.